The average Bonchev–Trinajstić information content (AvgIpc) is 2.86. The second-order valence-corrected chi connectivity index (χ2v) is 8.65. The molecule has 0 saturated carbocycles. The van der Waals surface area contributed by atoms with Crippen LogP contribution < -0.4 is 19.5 Å². The Labute approximate surface area is 201 Å². The normalized spacial score (nSPS) is 14.1. The number of ether oxygens (including phenoxy) is 3. The third-order valence-electron chi connectivity index (χ3n) is 6.10. The molecule has 1 aliphatic heterocycles. The molecule has 2 aromatic carbocycles. The number of amides is 2. The van der Waals surface area contributed by atoms with Crippen molar-refractivity contribution in [2.45, 2.75) is 26.3 Å². The lowest BCUT2D eigenvalue weighted by molar-refractivity contribution is -0.131. The molecule has 1 heterocycles. The molecule has 0 aromatic heterocycles. The van der Waals surface area contributed by atoms with Crippen LogP contribution in [0.2, 0.25) is 0 Å². The van der Waals surface area contributed by atoms with Crippen LogP contribution in [0.1, 0.15) is 41.3 Å². The first-order valence-corrected chi connectivity index (χ1v) is 11.5. The highest BCUT2D eigenvalue weighted by molar-refractivity contribution is 5.97. The Hall–Kier alpha value is -3.26. The number of methoxy groups -OCH3 is 3. The maximum atomic E-state index is 12.7. The number of benzene rings is 2. The van der Waals surface area contributed by atoms with Crippen LogP contribution in [0.15, 0.2) is 36.4 Å². The molecule has 2 amide bonds. The van der Waals surface area contributed by atoms with Crippen molar-refractivity contribution in [3.63, 3.8) is 0 Å². The number of carbonyl (C=O) groups is 2. The molecule has 34 heavy (non-hydrogen) atoms. The first-order chi connectivity index (χ1) is 16.4. The first kappa shape index (κ1) is 25.4. The van der Waals surface area contributed by atoms with Gasteiger partial charge in [-0.15, -0.1) is 0 Å². The molecule has 1 fully saturated rings. The number of carbonyl (C=O) groups excluding carboxylic acids is 2. The first-order valence-electron chi connectivity index (χ1n) is 11.5. The summed E-state index contributed by atoms with van der Waals surface area (Å²) in [6, 6.07) is 11.9. The summed E-state index contributed by atoms with van der Waals surface area (Å²) in [7, 11) is 4.48. The van der Waals surface area contributed by atoms with E-state index in [-0.39, 0.29) is 18.4 Å². The fourth-order valence-electron chi connectivity index (χ4n) is 4.00. The van der Waals surface area contributed by atoms with Crippen molar-refractivity contribution in [3.8, 4) is 17.2 Å². The van der Waals surface area contributed by atoms with Gasteiger partial charge in [-0.3, -0.25) is 14.5 Å². The number of hydrogen-bond donors (Lipinski definition) is 1. The molecule has 8 heteroatoms. The highest BCUT2D eigenvalue weighted by Crippen LogP contribution is 2.38. The van der Waals surface area contributed by atoms with E-state index in [4.69, 9.17) is 14.2 Å². The zero-order chi connectivity index (χ0) is 24.7. The van der Waals surface area contributed by atoms with Crippen molar-refractivity contribution in [3.05, 3.63) is 53.1 Å². The highest BCUT2D eigenvalue weighted by atomic mass is 16.5. The summed E-state index contributed by atoms with van der Waals surface area (Å²) in [6.07, 6.45) is 0. The van der Waals surface area contributed by atoms with Crippen LogP contribution >= 0.6 is 0 Å². The van der Waals surface area contributed by atoms with Crippen LogP contribution in [0, 0.1) is 0 Å². The molecule has 1 aliphatic rings. The molecular weight excluding hydrogens is 434 g/mol. The molecule has 3 rings (SSSR count). The van der Waals surface area contributed by atoms with Crippen molar-refractivity contribution < 1.29 is 23.8 Å². The van der Waals surface area contributed by atoms with Gasteiger partial charge in [0.05, 0.1) is 27.9 Å². The van der Waals surface area contributed by atoms with E-state index in [0.717, 1.165) is 19.6 Å². The SMILES string of the molecule is COc1cc(C(=O)NCC(=O)N2CCN(Cc3ccc(C(C)C)cc3)CC2)cc(OC)c1OC. The maximum Gasteiger partial charge on any atom is 0.251 e. The van der Waals surface area contributed by atoms with Crippen molar-refractivity contribution in [1.82, 2.24) is 15.1 Å². The molecule has 2 aromatic rings. The lowest BCUT2D eigenvalue weighted by Gasteiger charge is -2.34. The van der Waals surface area contributed by atoms with Crippen LogP contribution in [0.3, 0.4) is 0 Å². The average molecular weight is 470 g/mol. The molecular formula is C26H35N3O5. The van der Waals surface area contributed by atoms with Gasteiger partial charge < -0.3 is 24.4 Å². The number of piperazine rings is 1. The monoisotopic (exact) mass is 469 g/mol. The largest absolute Gasteiger partial charge is 0.493 e. The topological polar surface area (TPSA) is 80.3 Å². The van der Waals surface area contributed by atoms with Gasteiger partial charge in [0.15, 0.2) is 11.5 Å². The van der Waals surface area contributed by atoms with Crippen molar-refractivity contribution >= 4 is 11.8 Å². The fraction of sp³-hybridized carbons (Fsp3) is 0.462. The van der Waals surface area contributed by atoms with E-state index in [2.05, 4.69) is 48.3 Å². The molecule has 1 N–H and O–H groups in total. The Morgan fingerprint density at radius 1 is 0.912 bits per heavy atom. The molecule has 1 saturated heterocycles. The van der Waals surface area contributed by atoms with Gasteiger partial charge in [-0.2, -0.15) is 0 Å². The molecule has 0 spiro atoms. The van der Waals surface area contributed by atoms with E-state index >= 15 is 0 Å². The standard InChI is InChI=1S/C26H35N3O5/c1-18(2)20-8-6-19(7-9-20)17-28-10-12-29(13-11-28)24(30)16-27-26(31)21-14-22(32-3)25(34-5)23(15-21)33-4/h6-9,14-15,18H,10-13,16-17H2,1-5H3,(H,27,31). The van der Waals surface area contributed by atoms with E-state index < -0.39 is 0 Å². The summed E-state index contributed by atoms with van der Waals surface area (Å²) < 4.78 is 15.9. The van der Waals surface area contributed by atoms with E-state index in [0.29, 0.717) is 41.8 Å². The molecule has 8 nitrogen and oxygen atoms in total. The maximum absolute atomic E-state index is 12.7. The Morgan fingerprint density at radius 3 is 2.00 bits per heavy atom. The fourth-order valence-corrected chi connectivity index (χ4v) is 4.00. The zero-order valence-corrected chi connectivity index (χ0v) is 20.7. The van der Waals surface area contributed by atoms with E-state index in [9.17, 15) is 9.59 Å². The third-order valence-corrected chi connectivity index (χ3v) is 6.10. The van der Waals surface area contributed by atoms with Crippen LogP contribution in [0.4, 0.5) is 0 Å². The number of nitrogens with zero attached hydrogens (tertiary/aromatic N) is 2. The van der Waals surface area contributed by atoms with Crippen LogP contribution in [-0.4, -0.2) is 75.7 Å². The van der Waals surface area contributed by atoms with Crippen molar-refractivity contribution in [2.24, 2.45) is 0 Å². The van der Waals surface area contributed by atoms with Crippen LogP contribution in [0.5, 0.6) is 17.2 Å². The summed E-state index contributed by atoms with van der Waals surface area (Å²) in [5.41, 5.74) is 2.95. The second kappa shape index (κ2) is 11.7. The van der Waals surface area contributed by atoms with Gasteiger partial charge in [0, 0.05) is 38.3 Å². The molecule has 0 atom stereocenters. The molecule has 0 aliphatic carbocycles. The Kier molecular flexibility index (Phi) is 8.76. The van der Waals surface area contributed by atoms with Gasteiger partial charge in [-0.25, -0.2) is 0 Å². The van der Waals surface area contributed by atoms with Gasteiger partial charge in [0.1, 0.15) is 0 Å². The Morgan fingerprint density at radius 2 is 1.50 bits per heavy atom. The van der Waals surface area contributed by atoms with Crippen LogP contribution in [-0.2, 0) is 11.3 Å². The van der Waals surface area contributed by atoms with Gasteiger partial charge in [0.2, 0.25) is 11.7 Å². The van der Waals surface area contributed by atoms with Gasteiger partial charge >= 0.3 is 0 Å². The Bertz CT molecular complexity index is 957. The lowest BCUT2D eigenvalue weighted by atomic mass is 10.0. The van der Waals surface area contributed by atoms with Gasteiger partial charge in [-0.05, 0) is 29.2 Å². The van der Waals surface area contributed by atoms with E-state index in [1.165, 1.54) is 32.5 Å². The summed E-state index contributed by atoms with van der Waals surface area (Å²) in [5, 5.41) is 2.71. The highest BCUT2D eigenvalue weighted by Gasteiger charge is 2.22. The van der Waals surface area contributed by atoms with Crippen LogP contribution in [0.25, 0.3) is 0 Å². The number of rotatable bonds is 9. The zero-order valence-electron chi connectivity index (χ0n) is 20.7. The van der Waals surface area contributed by atoms with Crippen molar-refractivity contribution in [1.29, 1.82) is 0 Å². The predicted molar refractivity (Wildman–Crippen MR) is 131 cm³/mol. The van der Waals surface area contributed by atoms with Gasteiger partial charge in [0.25, 0.3) is 5.91 Å². The second-order valence-electron chi connectivity index (χ2n) is 8.65. The van der Waals surface area contributed by atoms with Gasteiger partial charge in [-0.1, -0.05) is 38.1 Å². The van der Waals surface area contributed by atoms with E-state index in [1.807, 2.05) is 0 Å². The summed E-state index contributed by atoms with van der Waals surface area (Å²) in [4.78, 5) is 29.5. The number of hydrogen-bond acceptors (Lipinski definition) is 6. The quantitative estimate of drug-likeness (QED) is 0.608. The predicted octanol–water partition coefficient (Wildman–Crippen LogP) is 2.91. The minimum absolute atomic E-state index is 0.0633. The van der Waals surface area contributed by atoms with E-state index in [1.54, 1.807) is 17.0 Å². The summed E-state index contributed by atoms with van der Waals surface area (Å²) >= 11 is 0. The summed E-state index contributed by atoms with van der Waals surface area (Å²) in [6.45, 7) is 8.09. The molecule has 0 unspecified atom stereocenters. The summed E-state index contributed by atoms with van der Waals surface area (Å²) in [5.74, 6) is 1.23. The molecule has 0 bridgehead atoms. The van der Waals surface area contributed by atoms with Crippen molar-refractivity contribution in [2.75, 3.05) is 54.1 Å². The Balaban J connectivity index is 1.49. The minimum Gasteiger partial charge on any atom is -0.493 e. The number of nitrogens with one attached hydrogen (secondary N) is 1. The third kappa shape index (κ3) is 6.20. The minimum atomic E-state index is -0.379. The molecule has 0 radical (unpaired) electrons. The lowest BCUT2D eigenvalue weighted by Crippen LogP contribution is -2.50. The smallest absolute Gasteiger partial charge is 0.251 e. The molecule has 184 valence electrons.